The van der Waals surface area contributed by atoms with E-state index in [2.05, 4.69) is 43.8 Å². The molecule has 1 nitrogen and oxygen atoms in total. The van der Waals surface area contributed by atoms with Gasteiger partial charge < -0.3 is 0 Å². The van der Waals surface area contributed by atoms with Crippen LogP contribution < -0.4 is 5.19 Å². The van der Waals surface area contributed by atoms with E-state index in [1.54, 1.807) is 5.19 Å². The lowest BCUT2D eigenvalue weighted by Crippen LogP contribution is -2.47. The van der Waals surface area contributed by atoms with E-state index in [4.69, 9.17) is 5.26 Å². The minimum atomic E-state index is -1.27. The molecule has 2 aromatic rings. The SMILES string of the molecule is CCC[C@H]1CC[Si@](C)(c2ccc(-c3ccc(C#N)cc3)cc2)CC1. The first-order valence-corrected chi connectivity index (χ1v) is 12.2. The Kier molecular flexibility index (Phi) is 5.21. The van der Waals surface area contributed by atoms with Crippen LogP contribution in [-0.4, -0.2) is 8.07 Å². The van der Waals surface area contributed by atoms with E-state index >= 15 is 0 Å². The molecule has 124 valence electrons. The lowest BCUT2D eigenvalue weighted by Gasteiger charge is -2.36. The fourth-order valence-electron chi connectivity index (χ4n) is 4.10. The van der Waals surface area contributed by atoms with E-state index in [-0.39, 0.29) is 0 Å². The molecule has 1 aliphatic heterocycles. The van der Waals surface area contributed by atoms with Gasteiger partial charge in [-0.3, -0.25) is 0 Å². The summed E-state index contributed by atoms with van der Waals surface area (Å²) in [4.78, 5) is 0. The Morgan fingerprint density at radius 1 is 0.958 bits per heavy atom. The molecule has 2 aromatic carbocycles. The fourth-order valence-corrected chi connectivity index (χ4v) is 7.99. The zero-order valence-electron chi connectivity index (χ0n) is 14.9. The second-order valence-electron chi connectivity index (χ2n) is 7.56. The Hall–Kier alpha value is -1.85. The quantitative estimate of drug-likeness (QED) is 0.656. The summed E-state index contributed by atoms with van der Waals surface area (Å²) in [6.45, 7) is 4.89. The Morgan fingerprint density at radius 2 is 1.50 bits per heavy atom. The Balaban J connectivity index is 1.73. The second-order valence-corrected chi connectivity index (χ2v) is 12.3. The van der Waals surface area contributed by atoms with Crippen LogP contribution in [0.25, 0.3) is 11.1 Å². The Bertz CT molecular complexity index is 701. The monoisotopic (exact) mass is 333 g/mol. The van der Waals surface area contributed by atoms with Crippen molar-refractivity contribution in [3.8, 4) is 17.2 Å². The zero-order valence-corrected chi connectivity index (χ0v) is 15.9. The topological polar surface area (TPSA) is 23.8 Å². The van der Waals surface area contributed by atoms with Crippen LogP contribution in [0.5, 0.6) is 0 Å². The van der Waals surface area contributed by atoms with Crippen molar-refractivity contribution < 1.29 is 0 Å². The van der Waals surface area contributed by atoms with Crippen LogP contribution in [0.15, 0.2) is 48.5 Å². The standard InChI is InChI=1S/C22H27NSi/c1-3-4-18-13-15-24(2,16-14-18)22-11-9-21(10-12-22)20-7-5-19(17-23)6-8-20/h5-12,18H,3-4,13-16H2,1-2H3/t18-,24-. The number of rotatable bonds is 4. The summed E-state index contributed by atoms with van der Waals surface area (Å²) >= 11 is 0. The highest BCUT2D eigenvalue weighted by atomic mass is 28.3. The highest BCUT2D eigenvalue weighted by Crippen LogP contribution is 2.34. The molecule has 0 saturated carbocycles. The Labute approximate surface area is 147 Å². The molecule has 0 aliphatic carbocycles. The minimum Gasteiger partial charge on any atom is -0.192 e. The predicted octanol–water partition coefficient (Wildman–Crippen LogP) is 5.72. The van der Waals surface area contributed by atoms with E-state index in [0.29, 0.717) is 0 Å². The third-order valence-corrected chi connectivity index (χ3v) is 10.3. The van der Waals surface area contributed by atoms with E-state index < -0.39 is 8.07 Å². The smallest absolute Gasteiger partial charge is 0.0991 e. The van der Waals surface area contributed by atoms with Gasteiger partial charge in [0.15, 0.2) is 0 Å². The Morgan fingerprint density at radius 3 is 2.00 bits per heavy atom. The van der Waals surface area contributed by atoms with Crippen LogP contribution >= 0.6 is 0 Å². The van der Waals surface area contributed by atoms with Crippen molar-refractivity contribution in [1.29, 1.82) is 5.26 Å². The molecule has 0 aromatic heterocycles. The first-order chi connectivity index (χ1) is 11.6. The van der Waals surface area contributed by atoms with Crippen LogP contribution in [-0.2, 0) is 0 Å². The first-order valence-electron chi connectivity index (χ1n) is 9.26. The van der Waals surface area contributed by atoms with Gasteiger partial charge in [-0.15, -0.1) is 0 Å². The van der Waals surface area contributed by atoms with Crippen molar-refractivity contribution in [2.24, 2.45) is 5.92 Å². The molecule has 2 heteroatoms. The first kappa shape index (κ1) is 17.0. The van der Waals surface area contributed by atoms with Gasteiger partial charge >= 0.3 is 0 Å². The maximum atomic E-state index is 8.91. The number of nitriles is 1. The molecule has 0 radical (unpaired) electrons. The molecule has 3 rings (SSSR count). The van der Waals surface area contributed by atoms with Gasteiger partial charge in [-0.1, -0.05) is 92.8 Å². The molecule has 0 amide bonds. The summed E-state index contributed by atoms with van der Waals surface area (Å²) in [5.74, 6) is 0.980. The molecule has 0 bridgehead atoms. The molecular formula is C22H27NSi. The van der Waals surface area contributed by atoms with Gasteiger partial charge in [0.2, 0.25) is 0 Å². The molecular weight excluding hydrogens is 306 g/mol. The van der Waals surface area contributed by atoms with E-state index in [1.165, 1.54) is 48.9 Å². The van der Waals surface area contributed by atoms with Crippen molar-refractivity contribution in [3.05, 3.63) is 54.1 Å². The third kappa shape index (κ3) is 3.62. The lowest BCUT2D eigenvalue weighted by atomic mass is 9.97. The van der Waals surface area contributed by atoms with Crippen molar-refractivity contribution in [2.75, 3.05) is 0 Å². The zero-order chi connectivity index (χ0) is 17.0. The number of hydrogen-bond acceptors (Lipinski definition) is 1. The lowest BCUT2D eigenvalue weighted by molar-refractivity contribution is 0.431. The molecule has 0 spiro atoms. The minimum absolute atomic E-state index is 0.721. The van der Waals surface area contributed by atoms with Crippen LogP contribution in [0.4, 0.5) is 0 Å². The second kappa shape index (κ2) is 7.36. The van der Waals surface area contributed by atoms with Gasteiger partial charge in [-0.2, -0.15) is 5.26 Å². The summed E-state index contributed by atoms with van der Waals surface area (Å²) < 4.78 is 0. The largest absolute Gasteiger partial charge is 0.192 e. The highest BCUT2D eigenvalue weighted by Gasteiger charge is 2.34. The molecule has 1 aliphatic rings. The number of hydrogen-bond donors (Lipinski definition) is 0. The van der Waals surface area contributed by atoms with E-state index in [1.807, 2.05) is 24.3 Å². The predicted molar refractivity (Wildman–Crippen MR) is 105 cm³/mol. The molecule has 0 atom stereocenters. The highest BCUT2D eigenvalue weighted by molar-refractivity contribution is 6.91. The maximum Gasteiger partial charge on any atom is 0.0991 e. The van der Waals surface area contributed by atoms with Crippen molar-refractivity contribution in [3.63, 3.8) is 0 Å². The van der Waals surface area contributed by atoms with Crippen molar-refractivity contribution in [2.45, 2.75) is 51.2 Å². The fraction of sp³-hybridized carbons (Fsp3) is 0.409. The molecule has 0 N–H and O–H groups in total. The van der Waals surface area contributed by atoms with Gasteiger partial charge in [-0.05, 0) is 29.2 Å². The number of benzene rings is 2. The van der Waals surface area contributed by atoms with Gasteiger partial charge in [-0.25, -0.2) is 0 Å². The molecule has 1 fully saturated rings. The van der Waals surface area contributed by atoms with Crippen LogP contribution in [0.1, 0.15) is 38.2 Å². The molecule has 1 heterocycles. The maximum absolute atomic E-state index is 8.91. The van der Waals surface area contributed by atoms with Crippen molar-refractivity contribution in [1.82, 2.24) is 0 Å². The van der Waals surface area contributed by atoms with Crippen LogP contribution in [0, 0.1) is 17.2 Å². The van der Waals surface area contributed by atoms with Gasteiger partial charge in [0.1, 0.15) is 0 Å². The summed E-state index contributed by atoms with van der Waals surface area (Å²) in [5, 5.41) is 10.5. The third-order valence-electron chi connectivity index (χ3n) is 5.83. The molecule has 0 unspecified atom stereocenters. The average Bonchev–Trinajstić information content (AvgIpc) is 2.64. The summed E-state index contributed by atoms with van der Waals surface area (Å²) in [6.07, 6.45) is 5.63. The number of nitrogens with zero attached hydrogens (tertiary/aromatic N) is 1. The van der Waals surface area contributed by atoms with Gasteiger partial charge in [0.25, 0.3) is 0 Å². The van der Waals surface area contributed by atoms with Gasteiger partial charge in [0, 0.05) is 0 Å². The van der Waals surface area contributed by atoms with Crippen LogP contribution in [0.3, 0.4) is 0 Å². The van der Waals surface area contributed by atoms with E-state index in [0.717, 1.165) is 11.5 Å². The van der Waals surface area contributed by atoms with Crippen LogP contribution in [0.2, 0.25) is 18.6 Å². The average molecular weight is 334 g/mol. The van der Waals surface area contributed by atoms with Gasteiger partial charge in [0.05, 0.1) is 19.7 Å². The molecule has 24 heavy (non-hydrogen) atoms. The summed E-state index contributed by atoms with van der Waals surface area (Å²) in [7, 11) is -1.27. The summed E-state index contributed by atoms with van der Waals surface area (Å²) in [6, 6.07) is 22.3. The summed E-state index contributed by atoms with van der Waals surface area (Å²) in [5.41, 5.74) is 3.17. The molecule has 1 saturated heterocycles. The van der Waals surface area contributed by atoms with Crippen molar-refractivity contribution >= 4 is 13.3 Å². The van der Waals surface area contributed by atoms with E-state index in [9.17, 15) is 0 Å². The normalized spacial score (nSPS) is 23.6.